The molecule has 0 aliphatic carbocycles. The highest BCUT2D eigenvalue weighted by Gasteiger charge is 2.20. The van der Waals surface area contributed by atoms with Crippen LogP contribution >= 0.6 is 0 Å². The molecule has 1 aliphatic rings. The van der Waals surface area contributed by atoms with E-state index in [4.69, 9.17) is 8.94 Å². The van der Waals surface area contributed by atoms with E-state index >= 15 is 0 Å². The molecule has 0 atom stereocenters. The second-order valence-electron chi connectivity index (χ2n) is 6.91. The van der Waals surface area contributed by atoms with Crippen LogP contribution in [0.25, 0.3) is 11.5 Å². The van der Waals surface area contributed by atoms with E-state index in [1.165, 1.54) is 0 Å². The van der Waals surface area contributed by atoms with Gasteiger partial charge in [0.15, 0.2) is 5.76 Å². The molecule has 1 fully saturated rings. The van der Waals surface area contributed by atoms with E-state index in [1.54, 1.807) is 6.26 Å². The minimum Gasteiger partial charge on any atom is -0.461 e. The first-order chi connectivity index (χ1) is 12.1. The average Bonchev–Trinajstić information content (AvgIpc) is 3.26. The Bertz CT molecular complexity index is 658. The molecule has 7 nitrogen and oxygen atoms in total. The molecule has 2 aromatic rings. The second kappa shape index (κ2) is 8.31. The first-order valence-electron chi connectivity index (χ1n) is 8.81. The molecule has 0 spiro atoms. The van der Waals surface area contributed by atoms with Crippen molar-refractivity contribution < 1.29 is 13.7 Å². The first kappa shape index (κ1) is 17.7. The Morgan fingerprint density at radius 2 is 2.00 bits per heavy atom. The Labute approximate surface area is 147 Å². The van der Waals surface area contributed by atoms with Gasteiger partial charge in [-0.3, -0.25) is 14.6 Å². The molecular weight excluding hydrogens is 320 g/mol. The molecule has 0 saturated carbocycles. The van der Waals surface area contributed by atoms with Gasteiger partial charge in [-0.05, 0) is 18.1 Å². The Kier molecular flexibility index (Phi) is 5.88. The standard InChI is InChI=1S/C18H26N4O3/c1-14(2)11-19-18(23)13-22-7-5-21(6-8-22)12-15-10-17(25-20-15)16-4-3-9-24-16/h3-4,9-10,14H,5-8,11-13H2,1-2H3,(H,19,23). The molecule has 0 unspecified atom stereocenters. The molecular formula is C18H26N4O3. The van der Waals surface area contributed by atoms with Crippen LogP contribution in [-0.4, -0.2) is 60.1 Å². The SMILES string of the molecule is CC(C)CNC(=O)CN1CCN(Cc2cc(-c3ccco3)on2)CC1. The van der Waals surface area contributed by atoms with Crippen molar-refractivity contribution in [1.29, 1.82) is 0 Å². The summed E-state index contributed by atoms with van der Waals surface area (Å²) in [5.41, 5.74) is 0.898. The summed E-state index contributed by atoms with van der Waals surface area (Å²) in [6.07, 6.45) is 1.62. The minimum absolute atomic E-state index is 0.113. The van der Waals surface area contributed by atoms with Gasteiger partial charge in [0.05, 0.1) is 18.5 Å². The molecule has 0 bridgehead atoms. The highest BCUT2D eigenvalue weighted by atomic mass is 16.5. The lowest BCUT2D eigenvalue weighted by molar-refractivity contribution is -0.122. The average molecular weight is 346 g/mol. The molecule has 2 aromatic heterocycles. The summed E-state index contributed by atoms with van der Waals surface area (Å²) >= 11 is 0. The fourth-order valence-corrected chi connectivity index (χ4v) is 2.83. The van der Waals surface area contributed by atoms with Crippen LogP contribution in [0.3, 0.4) is 0 Å². The van der Waals surface area contributed by atoms with Gasteiger partial charge in [0.2, 0.25) is 11.7 Å². The van der Waals surface area contributed by atoms with Gasteiger partial charge in [0, 0.05) is 45.3 Å². The summed E-state index contributed by atoms with van der Waals surface area (Å²) in [5, 5.41) is 7.09. The van der Waals surface area contributed by atoms with Crippen LogP contribution in [-0.2, 0) is 11.3 Å². The molecule has 1 amide bonds. The summed E-state index contributed by atoms with van der Waals surface area (Å²) in [7, 11) is 0. The molecule has 3 heterocycles. The summed E-state index contributed by atoms with van der Waals surface area (Å²) < 4.78 is 10.7. The van der Waals surface area contributed by atoms with E-state index in [9.17, 15) is 4.79 Å². The maximum Gasteiger partial charge on any atom is 0.234 e. The molecule has 136 valence electrons. The van der Waals surface area contributed by atoms with Crippen LogP contribution in [0.1, 0.15) is 19.5 Å². The van der Waals surface area contributed by atoms with E-state index < -0.39 is 0 Å². The summed E-state index contributed by atoms with van der Waals surface area (Å²) in [6, 6.07) is 5.60. The molecule has 0 aromatic carbocycles. The van der Waals surface area contributed by atoms with Crippen LogP contribution in [0.15, 0.2) is 33.4 Å². The van der Waals surface area contributed by atoms with Gasteiger partial charge in [0.25, 0.3) is 0 Å². The van der Waals surface area contributed by atoms with Crippen molar-refractivity contribution in [2.75, 3.05) is 39.3 Å². The maximum absolute atomic E-state index is 11.9. The molecule has 25 heavy (non-hydrogen) atoms. The number of hydrogen-bond acceptors (Lipinski definition) is 6. The van der Waals surface area contributed by atoms with Crippen LogP contribution < -0.4 is 5.32 Å². The number of furan rings is 1. The molecule has 7 heteroatoms. The van der Waals surface area contributed by atoms with E-state index in [0.29, 0.717) is 24.0 Å². The van der Waals surface area contributed by atoms with Crippen molar-refractivity contribution in [3.05, 3.63) is 30.2 Å². The van der Waals surface area contributed by atoms with Crippen LogP contribution in [0.4, 0.5) is 0 Å². The first-order valence-corrected chi connectivity index (χ1v) is 8.81. The lowest BCUT2D eigenvalue weighted by Gasteiger charge is -2.33. The van der Waals surface area contributed by atoms with Gasteiger partial charge < -0.3 is 14.3 Å². The predicted octanol–water partition coefficient (Wildman–Crippen LogP) is 1.82. The number of piperazine rings is 1. The highest BCUT2D eigenvalue weighted by Crippen LogP contribution is 2.21. The summed E-state index contributed by atoms with van der Waals surface area (Å²) in [5.74, 6) is 1.94. The largest absolute Gasteiger partial charge is 0.461 e. The zero-order valence-electron chi connectivity index (χ0n) is 14.9. The number of hydrogen-bond donors (Lipinski definition) is 1. The smallest absolute Gasteiger partial charge is 0.234 e. The molecule has 3 rings (SSSR count). The zero-order valence-corrected chi connectivity index (χ0v) is 14.9. The number of amides is 1. The quantitative estimate of drug-likeness (QED) is 0.824. The van der Waals surface area contributed by atoms with Gasteiger partial charge in [-0.1, -0.05) is 19.0 Å². The van der Waals surface area contributed by atoms with Gasteiger partial charge in [-0.25, -0.2) is 0 Å². The maximum atomic E-state index is 11.9. The predicted molar refractivity (Wildman–Crippen MR) is 93.8 cm³/mol. The molecule has 1 saturated heterocycles. The lowest BCUT2D eigenvalue weighted by atomic mass is 10.2. The minimum atomic E-state index is 0.113. The second-order valence-corrected chi connectivity index (χ2v) is 6.91. The summed E-state index contributed by atoms with van der Waals surface area (Å²) in [6.45, 7) is 9.77. The van der Waals surface area contributed by atoms with Crippen molar-refractivity contribution in [2.45, 2.75) is 20.4 Å². The Morgan fingerprint density at radius 1 is 1.24 bits per heavy atom. The summed E-state index contributed by atoms with van der Waals surface area (Å²) in [4.78, 5) is 16.4. The number of carbonyl (C=O) groups is 1. The third kappa shape index (κ3) is 5.17. The van der Waals surface area contributed by atoms with Gasteiger partial charge in [-0.2, -0.15) is 0 Å². The molecule has 0 radical (unpaired) electrons. The Balaban J connectivity index is 1.41. The number of carbonyl (C=O) groups excluding carboxylic acids is 1. The van der Waals surface area contributed by atoms with E-state index in [1.807, 2.05) is 18.2 Å². The van der Waals surface area contributed by atoms with E-state index in [0.717, 1.165) is 45.0 Å². The molecule has 1 N–H and O–H groups in total. The Morgan fingerprint density at radius 3 is 2.68 bits per heavy atom. The lowest BCUT2D eigenvalue weighted by Crippen LogP contribution is -2.49. The van der Waals surface area contributed by atoms with Crippen molar-refractivity contribution in [3.63, 3.8) is 0 Å². The van der Waals surface area contributed by atoms with Crippen molar-refractivity contribution in [1.82, 2.24) is 20.3 Å². The number of aromatic nitrogens is 1. The van der Waals surface area contributed by atoms with E-state index in [2.05, 4.69) is 34.1 Å². The van der Waals surface area contributed by atoms with Gasteiger partial charge >= 0.3 is 0 Å². The van der Waals surface area contributed by atoms with Crippen molar-refractivity contribution >= 4 is 5.91 Å². The third-order valence-corrected chi connectivity index (χ3v) is 4.25. The number of nitrogens with zero attached hydrogens (tertiary/aromatic N) is 3. The van der Waals surface area contributed by atoms with Crippen LogP contribution in [0.2, 0.25) is 0 Å². The van der Waals surface area contributed by atoms with Crippen molar-refractivity contribution in [3.8, 4) is 11.5 Å². The fraction of sp³-hybridized carbons (Fsp3) is 0.556. The van der Waals surface area contributed by atoms with Crippen LogP contribution in [0, 0.1) is 5.92 Å². The fourth-order valence-electron chi connectivity index (χ4n) is 2.83. The highest BCUT2D eigenvalue weighted by molar-refractivity contribution is 5.78. The third-order valence-electron chi connectivity index (χ3n) is 4.25. The normalized spacial score (nSPS) is 16.4. The number of rotatable bonds is 7. The number of nitrogens with one attached hydrogen (secondary N) is 1. The van der Waals surface area contributed by atoms with Gasteiger partial charge in [0.1, 0.15) is 0 Å². The zero-order chi connectivity index (χ0) is 17.6. The van der Waals surface area contributed by atoms with E-state index in [-0.39, 0.29) is 5.91 Å². The Hall–Kier alpha value is -2.12. The molecule has 1 aliphatic heterocycles. The van der Waals surface area contributed by atoms with Gasteiger partial charge in [-0.15, -0.1) is 0 Å². The van der Waals surface area contributed by atoms with Crippen molar-refractivity contribution in [2.24, 2.45) is 5.92 Å². The van der Waals surface area contributed by atoms with Crippen LogP contribution in [0.5, 0.6) is 0 Å². The topological polar surface area (TPSA) is 74.8 Å². The monoisotopic (exact) mass is 346 g/mol.